The van der Waals surface area contributed by atoms with Crippen molar-refractivity contribution in [2.24, 2.45) is 5.73 Å². The maximum absolute atomic E-state index is 13.6. The van der Waals surface area contributed by atoms with Gasteiger partial charge in [-0.2, -0.15) is 0 Å². The normalized spacial score (nSPS) is 34.9. The van der Waals surface area contributed by atoms with Crippen LogP contribution in [0.5, 0.6) is 0 Å². The van der Waals surface area contributed by atoms with Gasteiger partial charge >= 0.3 is 0 Å². The lowest BCUT2D eigenvalue weighted by atomic mass is 9.57. The molecule has 0 heterocycles. The summed E-state index contributed by atoms with van der Waals surface area (Å²) in [6, 6.07) is 8.03. The van der Waals surface area contributed by atoms with Crippen LogP contribution in [0, 0.1) is 0 Å². The van der Waals surface area contributed by atoms with Crippen LogP contribution in [-0.2, 0) is 5.41 Å². The Hall–Kier alpha value is -0.410. The lowest BCUT2D eigenvalue weighted by Gasteiger charge is -2.50. The zero-order valence-corrected chi connectivity index (χ0v) is 10.3. The maximum atomic E-state index is 13.6. The third kappa shape index (κ3) is 1.95. The van der Waals surface area contributed by atoms with Crippen molar-refractivity contribution in [2.75, 3.05) is 6.54 Å². The topological polar surface area (TPSA) is 26.0 Å². The van der Waals surface area contributed by atoms with Crippen LogP contribution >= 0.6 is 15.9 Å². The van der Waals surface area contributed by atoms with E-state index < -0.39 is 5.67 Å². The van der Waals surface area contributed by atoms with E-state index in [4.69, 9.17) is 5.73 Å². The van der Waals surface area contributed by atoms with Gasteiger partial charge in [0.2, 0.25) is 0 Å². The van der Waals surface area contributed by atoms with E-state index in [1.165, 1.54) is 0 Å². The highest BCUT2D eigenvalue weighted by atomic mass is 79.9. The summed E-state index contributed by atoms with van der Waals surface area (Å²) < 4.78 is 14.6. The van der Waals surface area contributed by atoms with Crippen LogP contribution in [0.25, 0.3) is 0 Å². The molecule has 1 aliphatic carbocycles. The van der Waals surface area contributed by atoms with Gasteiger partial charge in [0.15, 0.2) is 0 Å². The lowest BCUT2D eigenvalue weighted by molar-refractivity contribution is 0.00271. The molecule has 3 heteroatoms. The highest BCUT2D eigenvalue weighted by Crippen LogP contribution is 2.51. The Morgan fingerprint density at radius 2 is 2.13 bits per heavy atom. The number of alkyl halides is 1. The van der Waals surface area contributed by atoms with Crippen molar-refractivity contribution in [3.8, 4) is 0 Å². The molecular formula is C12H15BrFN. The minimum atomic E-state index is -1.04. The first-order chi connectivity index (χ1) is 6.97. The van der Waals surface area contributed by atoms with Crippen molar-refractivity contribution in [1.82, 2.24) is 0 Å². The first kappa shape index (κ1) is 11.1. The summed E-state index contributed by atoms with van der Waals surface area (Å²) >= 11 is 3.43. The van der Waals surface area contributed by atoms with Crippen LogP contribution in [-0.4, -0.2) is 12.2 Å². The first-order valence-corrected chi connectivity index (χ1v) is 5.92. The fourth-order valence-electron chi connectivity index (χ4n) is 2.64. The van der Waals surface area contributed by atoms with E-state index in [1.54, 1.807) is 6.92 Å². The van der Waals surface area contributed by atoms with Crippen molar-refractivity contribution in [1.29, 1.82) is 0 Å². The number of nitrogens with two attached hydrogens (primary N) is 1. The van der Waals surface area contributed by atoms with E-state index in [2.05, 4.69) is 15.9 Å². The molecule has 0 radical (unpaired) electrons. The molecular weight excluding hydrogens is 257 g/mol. The minimum absolute atomic E-state index is 0.146. The smallest absolute Gasteiger partial charge is 0.110 e. The Labute approximate surface area is 98.0 Å². The van der Waals surface area contributed by atoms with Gasteiger partial charge in [0.1, 0.15) is 5.67 Å². The van der Waals surface area contributed by atoms with E-state index in [1.807, 2.05) is 24.3 Å². The molecule has 0 aromatic heterocycles. The number of rotatable bonds is 2. The maximum Gasteiger partial charge on any atom is 0.110 e. The van der Waals surface area contributed by atoms with Crippen LogP contribution in [0.2, 0.25) is 0 Å². The van der Waals surface area contributed by atoms with Gasteiger partial charge in [0.05, 0.1) is 0 Å². The second kappa shape index (κ2) is 3.56. The first-order valence-electron chi connectivity index (χ1n) is 5.13. The molecule has 0 amide bonds. The Balaban J connectivity index is 2.29. The Morgan fingerprint density at radius 3 is 2.60 bits per heavy atom. The third-order valence-electron chi connectivity index (χ3n) is 3.24. The van der Waals surface area contributed by atoms with Crippen LogP contribution in [0.1, 0.15) is 25.3 Å². The summed E-state index contributed by atoms with van der Waals surface area (Å²) in [4.78, 5) is 0. The second-order valence-corrected chi connectivity index (χ2v) is 5.68. The Bertz CT molecular complexity index is 368. The highest BCUT2D eigenvalue weighted by molar-refractivity contribution is 9.10. The zero-order valence-electron chi connectivity index (χ0n) is 8.76. The predicted molar refractivity (Wildman–Crippen MR) is 63.6 cm³/mol. The van der Waals surface area contributed by atoms with Crippen LogP contribution in [0.4, 0.5) is 4.39 Å². The van der Waals surface area contributed by atoms with Gasteiger partial charge in [-0.3, -0.25) is 0 Å². The summed E-state index contributed by atoms with van der Waals surface area (Å²) in [5.41, 5.74) is 5.75. The molecule has 2 rings (SSSR count). The molecule has 1 aromatic carbocycles. The summed E-state index contributed by atoms with van der Waals surface area (Å²) in [5.74, 6) is 0. The van der Waals surface area contributed by atoms with Gasteiger partial charge in [-0.1, -0.05) is 28.1 Å². The van der Waals surface area contributed by atoms with Crippen molar-refractivity contribution >= 4 is 15.9 Å². The van der Waals surface area contributed by atoms with Crippen molar-refractivity contribution < 1.29 is 4.39 Å². The molecule has 82 valence electrons. The molecule has 0 spiro atoms. The van der Waals surface area contributed by atoms with E-state index in [0.29, 0.717) is 19.4 Å². The molecule has 0 saturated heterocycles. The third-order valence-corrected chi connectivity index (χ3v) is 3.73. The summed E-state index contributed by atoms with van der Waals surface area (Å²) in [6.45, 7) is 2.17. The molecule has 1 aromatic rings. The molecule has 1 aliphatic rings. The van der Waals surface area contributed by atoms with Crippen molar-refractivity contribution in [2.45, 2.75) is 30.8 Å². The summed E-state index contributed by atoms with van der Waals surface area (Å²) in [6.07, 6.45) is 1.07. The molecule has 0 atom stereocenters. The minimum Gasteiger partial charge on any atom is -0.330 e. The van der Waals surface area contributed by atoms with E-state index >= 15 is 0 Å². The molecule has 0 aliphatic heterocycles. The molecule has 15 heavy (non-hydrogen) atoms. The number of hydrogen-bond acceptors (Lipinski definition) is 1. The van der Waals surface area contributed by atoms with Gasteiger partial charge in [0, 0.05) is 16.4 Å². The SMILES string of the molecule is CC1(F)CC(CN)(c2cccc(Br)c2)C1. The Morgan fingerprint density at radius 1 is 1.47 bits per heavy atom. The van der Waals surface area contributed by atoms with Gasteiger partial charge in [-0.25, -0.2) is 4.39 Å². The highest BCUT2D eigenvalue weighted by Gasteiger charge is 2.52. The predicted octanol–water partition coefficient (Wildman–Crippen LogP) is 3.17. The van der Waals surface area contributed by atoms with Gasteiger partial charge in [-0.05, 0) is 37.5 Å². The summed E-state index contributed by atoms with van der Waals surface area (Å²) in [7, 11) is 0. The number of hydrogen-bond donors (Lipinski definition) is 1. The molecule has 1 fully saturated rings. The van der Waals surface area contributed by atoms with Crippen molar-refractivity contribution in [3.63, 3.8) is 0 Å². The van der Waals surface area contributed by atoms with Gasteiger partial charge in [-0.15, -0.1) is 0 Å². The largest absolute Gasteiger partial charge is 0.330 e. The second-order valence-electron chi connectivity index (χ2n) is 4.76. The average Bonchev–Trinajstić information content (AvgIpc) is 2.13. The Kier molecular flexibility index (Phi) is 2.63. The molecule has 1 nitrogen and oxygen atoms in total. The van der Waals surface area contributed by atoms with Gasteiger partial charge < -0.3 is 5.73 Å². The molecule has 2 N–H and O–H groups in total. The quantitative estimate of drug-likeness (QED) is 0.879. The summed E-state index contributed by atoms with van der Waals surface area (Å²) in [5, 5.41) is 0. The van der Waals surface area contributed by atoms with Gasteiger partial charge in [0.25, 0.3) is 0 Å². The zero-order chi connectivity index (χ0) is 11.1. The molecule has 0 bridgehead atoms. The lowest BCUT2D eigenvalue weighted by Crippen LogP contribution is -2.54. The number of benzene rings is 1. The van der Waals surface area contributed by atoms with E-state index in [9.17, 15) is 4.39 Å². The fraction of sp³-hybridized carbons (Fsp3) is 0.500. The average molecular weight is 272 g/mol. The van der Waals surface area contributed by atoms with Crippen LogP contribution < -0.4 is 5.73 Å². The van der Waals surface area contributed by atoms with Crippen molar-refractivity contribution in [3.05, 3.63) is 34.3 Å². The number of halogens is 2. The molecule has 1 saturated carbocycles. The monoisotopic (exact) mass is 271 g/mol. The van der Waals surface area contributed by atoms with E-state index in [-0.39, 0.29) is 5.41 Å². The molecule has 0 unspecified atom stereocenters. The standard InChI is InChI=1S/C12H15BrFN/c1-11(14)6-12(7-11,8-15)9-3-2-4-10(13)5-9/h2-5H,6-8,15H2,1H3. The van der Waals surface area contributed by atoms with E-state index in [0.717, 1.165) is 10.0 Å². The van der Waals surface area contributed by atoms with Crippen LogP contribution in [0.15, 0.2) is 28.7 Å². The van der Waals surface area contributed by atoms with Crippen LogP contribution in [0.3, 0.4) is 0 Å². The fourth-order valence-corrected chi connectivity index (χ4v) is 3.04.